The maximum atomic E-state index is 12.9. The Morgan fingerprint density at radius 1 is 0.266 bits per heavy atom. The molecule has 0 N–H and O–H groups in total. The minimum atomic E-state index is -0.857. The maximum absolute atomic E-state index is 12.9. The molecule has 1 atom stereocenters. The third-order valence-corrected chi connectivity index (χ3v) is 12.1. The number of unbranched alkanes of at least 4 members (excludes halogenated alkanes) is 11. The number of allylic oxidation sites excluding steroid dienone is 31. The zero-order chi connectivity index (χ0) is 57.1. The number of esters is 3. The van der Waals surface area contributed by atoms with E-state index in [4.69, 9.17) is 14.2 Å². The van der Waals surface area contributed by atoms with Crippen molar-refractivity contribution in [3.63, 3.8) is 0 Å². The lowest BCUT2D eigenvalue weighted by molar-refractivity contribution is -0.166. The van der Waals surface area contributed by atoms with Crippen molar-refractivity contribution in [3.05, 3.63) is 194 Å². The Bertz CT molecular complexity index is 1920. The van der Waals surface area contributed by atoms with Crippen LogP contribution >= 0.6 is 0 Å². The van der Waals surface area contributed by atoms with Crippen LogP contribution in [0.25, 0.3) is 0 Å². The van der Waals surface area contributed by atoms with Gasteiger partial charge < -0.3 is 14.2 Å². The van der Waals surface area contributed by atoms with Gasteiger partial charge in [0.25, 0.3) is 0 Å². The van der Waals surface area contributed by atoms with Gasteiger partial charge in [0.1, 0.15) is 13.2 Å². The monoisotopic (exact) mass is 1080 g/mol. The van der Waals surface area contributed by atoms with Crippen molar-refractivity contribution in [2.75, 3.05) is 13.2 Å². The molecule has 79 heavy (non-hydrogen) atoms. The SMILES string of the molecule is CC/C=C\C/C=C\C/C=C\C/C=C\C/C=C\C/C=C\CCCCC(=O)OC(COC(=O)C/C=C\C/C=C\C/C=C\C/C=C\C/C=C\CC)COC(=O)CCCCCCCCCCC/C=C\C/C=C\C/C=C\C/C=C\C/C=C\CC. The Morgan fingerprint density at radius 2 is 0.506 bits per heavy atom. The smallest absolute Gasteiger partial charge is 0.309 e. The van der Waals surface area contributed by atoms with Gasteiger partial charge in [-0.3, -0.25) is 14.4 Å². The standard InChI is InChI=1S/C73H110O6/c1-4-7-10-13-16-19-22-25-28-30-32-34-35-36-37-39-40-42-45-48-51-54-57-60-63-66-72(75)78-69-70(68-77-71(74)65-62-59-56-53-50-47-44-27-24-21-18-15-12-9-6-3)79-73(76)67-64-61-58-55-52-49-46-43-41-38-33-31-29-26-23-20-17-14-11-8-5-2/h7-12,16-21,25-29,32-34,36-38,43-44,46,50,52-53,55,59,62,70H,4-6,13-15,22-24,30-31,35,39-42,45,47-49,51,54,56-58,60-61,63-69H2,1-3H3/b10-7-,11-8-,12-9-,19-16-,20-17-,21-18-,28-25-,29-26-,34-32-,37-36-,38-33-,44-27-,46-43-,53-50-,55-52-,62-59-. The van der Waals surface area contributed by atoms with Gasteiger partial charge >= 0.3 is 17.9 Å². The van der Waals surface area contributed by atoms with E-state index in [1.165, 1.54) is 38.5 Å². The summed E-state index contributed by atoms with van der Waals surface area (Å²) in [4.78, 5) is 38.2. The molecule has 0 aliphatic carbocycles. The highest BCUT2D eigenvalue weighted by atomic mass is 16.6. The number of carbonyl (C=O) groups is 3. The second kappa shape index (κ2) is 64.8. The zero-order valence-electron chi connectivity index (χ0n) is 50.0. The summed E-state index contributed by atoms with van der Waals surface area (Å²) in [6, 6.07) is 0. The van der Waals surface area contributed by atoms with Crippen LogP contribution in [0.2, 0.25) is 0 Å². The Hall–Kier alpha value is -5.75. The van der Waals surface area contributed by atoms with E-state index < -0.39 is 12.1 Å². The van der Waals surface area contributed by atoms with Crippen molar-refractivity contribution >= 4 is 17.9 Å². The molecule has 0 aliphatic rings. The molecule has 0 aliphatic heterocycles. The van der Waals surface area contributed by atoms with E-state index in [9.17, 15) is 14.4 Å². The van der Waals surface area contributed by atoms with Gasteiger partial charge in [-0.1, -0.05) is 260 Å². The van der Waals surface area contributed by atoms with E-state index in [1.807, 2.05) is 6.08 Å². The van der Waals surface area contributed by atoms with Crippen molar-refractivity contribution in [2.24, 2.45) is 0 Å². The molecular weight excluding hydrogens is 973 g/mol. The third-order valence-electron chi connectivity index (χ3n) is 12.1. The normalized spacial score (nSPS) is 13.5. The quantitative estimate of drug-likeness (QED) is 0.0261. The predicted molar refractivity (Wildman–Crippen MR) is 343 cm³/mol. The molecule has 6 heteroatoms. The summed E-state index contributed by atoms with van der Waals surface area (Å²) in [7, 11) is 0. The van der Waals surface area contributed by atoms with Crippen molar-refractivity contribution < 1.29 is 28.6 Å². The summed E-state index contributed by atoms with van der Waals surface area (Å²) in [6.07, 6.45) is 98.8. The summed E-state index contributed by atoms with van der Waals surface area (Å²) in [5.41, 5.74) is 0. The molecule has 0 amide bonds. The number of hydrogen-bond acceptors (Lipinski definition) is 6. The Kier molecular flexibility index (Phi) is 60.1. The van der Waals surface area contributed by atoms with Gasteiger partial charge in [-0.25, -0.2) is 0 Å². The van der Waals surface area contributed by atoms with E-state index in [1.54, 1.807) is 6.08 Å². The minimum Gasteiger partial charge on any atom is -0.462 e. The lowest BCUT2D eigenvalue weighted by Gasteiger charge is -2.18. The molecule has 0 heterocycles. The van der Waals surface area contributed by atoms with Gasteiger partial charge in [-0.15, -0.1) is 0 Å². The first-order valence-corrected chi connectivity index (χ1v) is 30.9. The van der Waals surface area contributed by atoms with Crippen LogP contribution in [-0.2, 0) is 28.6 Å². The van der Waals surface area contributed by atoms with Crippen LogP contribution in [0.1, 0.15) is 226 Å². The fourth-order valence-corrected chi connectivity index (χ4v) is 7.60. The van der Waals surface area contributed by atoms with E-state index in [2.05, 4.69) is 203 Å². The fourth-order valence-electron chi connectivity index (χ4n) is 7.60. The number of rotatable bonds is 53. The van der Waals surface area contributed by atoms with E-state index in [-0.39, 0.29) is 38.0 Å². The second-order valence-electron chi connectivity index (χ2n) is 19.5. The van der Waals surface area contributed by atoms with Gasteiger partial charge in [-0.05, 0) is 141 Å². The molecule has 0 saturated carbocycles. The van der Waals surface area contributed by atoms with Crippen LogP contribution in [0.15, 0.2) is 194 Å². The molecule has 0 spiro atoms. The molecule has 0 bridgehead atoms. The van der Waals surface area contributed by atoms with E-state index >= 15 is 0 Å². The molecule has 0 aromatic rings. The Morgan fingerprint density at radius 3 is 0.848 bits per heavy atom. The summed E-state index contributed by atoms with van der Waals surface area (Å²) in [5, 5.41) is 0. The molecule has 438 valence electrons. The van der Waals surface area contributed by atoms with Crippen LogP contribution in [-0.4, -0.2) is 37.2 Å². The first-order valence-electron chi connectivity index (χ1n) is 30.9. The number of ether oxygens (including phenoxy) is 3. The first-order chi connectivity index (χ1) is 39.0. The van der Waals surface area contributed by atoms with Crippen molar-refractivity contribution in [1.82, 2.24) is 0 Å². The van der Waals surface area contributed by atoms with Crippen LogP contribution < -0.4 is 0 Å². The third kappa shape index (κ3) is 63.0. The highest BCUT2D eigenvalue weighted by molar-refractivity contribution is 5.72. The van der Waals surface area contributed by atoms with Crippen molar-refractivity contribution in [3.8, 4) is 0 Å². The summed E-state index contributed by atoms with van der Waals surface area (Å²) < 4.78 is 16.8. The van der Waals surface area contributed by atoms with E-state index in [0.717, 1.165) is 135 Å². The Labute approximate surface area is 484 Å². The van der Waals surface area contributed by atoms with Gasteiger partial charge in [0.05, 0.1) is 6.42 Å². The van der Waals surface area contributed by atoms with Crippen LogP contribution in [0.5, 0.6) is 0 Å². The minimum absolute atomic E-state index is 0.106. The van der Waals surface area contributed by atoms with Crippen LogP contribution in [0.3, 0.4) is 0 Å². The van der Waals surface area contributed by atoms with E-state index in [0.29, 0.717) is 19.3 Å². The van der Waals surface area contributed by atoms with Gasteiger partial charge in [0, 0.05) is 12.8 Å². The molecular formula is C73H110O6. The fraction of sp³-hybridized carbons (Fsp3) is 0.521. The molecule has 0 rings (SSSR count). The van der Waals surface area contributed by atoms with Crippen molar-refractivity contribution in [2.45, 2.75) is 232 Å². The van der Waals surface area contributed by atoms with Gasteiger partial charge in [0.2, 0.25) is 0 Å². The second-order valence-corrected chi connectivity index (χ2v) is 19.5. The number of hydrogen-bond donors (Lipinski definition) is 0. The Balaban J connectivity index is 4.56. The van der Waals surface area contributed by atoms with Crippen LogP contribution in [0, 0.1) is 0 Å². The topological polar surface area (TPSA) is 78.9 Å². The zero-order valence-corrected chi connectivity index (χ0v) is 50.0. The largest absolute Gasteiger partial charge is 0.462 e. The van der Waals surface area contributed by atoms with Gasteiger partial charge in [0.15, 0.2) is 6.10 Å². The lowest BCUT2D eigenvalue weighted by atomic mass is 10.1. The van der Waals surface area contributed by atoms with Gasteiger partial charge in [-0.2, -0.15) is 0 Å². The molecule has 0 aromatic carbocycles. The summed E-state index contributed by atoms with van der Waals surface area (Å²) in [6.45, 7) is 6.15. The van der Waals surface area contributed by atoms with Crippen LogP contribution in [0.4, 0.5) is 0 Å². The highest BCUT2D eigenvalue weighted by Gasteiger charge is 2.19. The predicted octanol–water partition coefficient (Wildman–Crippen LogP) is 21.4. The first kappa shape index (κ1) is 73.2. The maximum Gasteiger partial charge on any atom is 0.309 e. The summed E-state index contributed by atoms with van der Waals surface area (Å²) >= 11 is 0. The average molecular weight is 1080 g/mol. The summed E-state index contributed by atoms with van der Waals surface area (Å²) in [5.74, 6) is -1.13. The molecule has 0 radical (unpaired) electrons. The highest BCUT2D eigenvalue weighted by Crippen LogP contribution is 2.13. The lowest BCUT2D eigenvalue weighted by Crippen LogP contribution is -2.30. The molecule has 0 saturated heterocycles. The molecule has 6 nitrogen and oxygen atoms in total. The average Bonchev–Trinajstić information content (AvgIpc) is 3.45. The molecule has 0 aromatic heterocycles. The molecule has 0 fully saturated rings. The van der Waals surface area contributed by atoms with Crippen molar-refractivity contribution in [1.29, 1.82) is 0 Å². The molecule has 1 unspecified atom stereocenters. The number of carbonyl (C=O) groups excluding carboxylic acids is 3.